The van der Waals surface area contributed by atoms with Gasteiger partial charge in [-0.15, -0.1) is 0 Å². The summed E-state index contributed by atoms with van der Waals surface area (Å²) in [4.78, 5) is 0. The molecule has 0 aliphatic rings. The molecule has 1 unspecified atom stereocenters. The van der Waals surface area contributed by atoms with E-state index in [9.17, 15) is 0 Å². The van der Waals surface area contributed by atoms with Gasteiger partial charge in [-0.05, 0) is 6.92 Å². The largest absolute Gasteiger partial charge is 0.378 e. The highest BCUT2D eigenvalue weighted by Gasteiger charge is 1.79. The molecule has 0 radical (unpaired) electrons. The van der Waals surface area contributed by atoms with E-state index in [1.165, 1.54) is 0 Å². The normalized spacial score (nSPS) is 15.0. The van der Waals surface area contributed by atoms with Crippen molar-refractivity contribution in [3.8, 4) is 0 Å². The first-order valence-corrected chi connectivity index (χ1v) is 1.80. The van der Waals surface area contributed by atoms with Gasteiger partial charge in [-0.1, -0.05) is 12.8 Å². The van der Waals surface area contributed by atoms with E-state index in [0.29, 0.717) is 0 Å². The Balaban J connectivity index is 2.54. The maximum Gasteiger partial charge on any atom is 0.110 e. The summed E-state index contributed by atoms with van der Waals surface area (Å²) < 4.78 is 2.28. The summed E-state index contributed by atoms with van der Waals surface area (Å²) in [6, 6.07) is 0. The molecule has 0 aliphatic heterocycles. The van der Waals surface area contributed by atoms with Gasteiger partial charge >= 0.3 is 0 Å². The van der Waals surface area contributed by atoms with Crippen LogP contribution in [0.15, 0.2) is 0 Å². The lowest BCUT2D eigenvalue weighted by Crippen LogP contribution is -2.13. The summed E-state index contributed by atoms with van der Waals surface area (Å²) in [6.07, 6.45) is -0.502. The van der Waals surface area contributed by atoms with Crippen molar-refractivity contribution in [2.24, 2.45) is 0 Å². The summed E-state index contributed by atoms with van der Waals surface area (Å²) in [5, 5.41) is 8.17. The molecule has 0 bridgehead atoms. The highest BCUT2D eigenvalue weighted by molar-refractivity contribution is 7.78. The predicted molar refractivity (Wildman–Crippen MR) is 23.8 cm³/mol. The number of aliphatic hydroxyl groups is 1. The third kappa shape index (κ3) is 4.27. The molecule has 0 rings (SSSR count). The number of nitrogens with one attached hydrogen (secondary N) is 1. The average molecular weight is 93.2 g/mol. The van der Waals surface area contributed by atoms with Gasteiger partial charge in [0.05, 0.1) is 0 Å². The minimum absolute atomic E-state index is 0.502. The van der Waals surface area contributed by atoms with Crippen molar-refractivity contribution < 1.29 is 5.11 Å². The molecule has 0 aliphatic carbocycles. The minimum atomic E-state index is -0.502. The first kappa shape index (κ1) is 5.27. The Morgan fingerprint density at radius 3 is 2.20 bits per heavy atom. The third-order valence-electron chi connectivity index (χ3n) is 0.187. The number of thiol groups is 1. The lowest BCUT2D eigenvalue weighted by molar-refractivity contribution is 0.188. The van der Waals surface area contributed by atoms with Gasteiger partial charge in [-0.3, -0.25) is 0 Å². The van der Waals surface area contributed by atoms with Crippen LogP contribution >= 0.6 is 12.8 Å². The highest BCUT2D eigenvalue weighted by atomic mass is 32.1. The molecule has 3 heteroatoms. The molecule has 0 heterocycles. The fraction of sp³-hybridized carbons (Fsp3) is 1.00. The molecule has 1 atom stereocenters. The van der Waals surface area contributed by atoms with E-state index in [4.69, 9.17) is 5.11 Å². The number of hydrogen-bond acceptors (Lipinski definition) is 3. The van der Waals surface area contributed by atoms with Gasteiger partial charge in [0.25, 0.3) is 0 Å². The highest BCUT2D eigenvalue weighted by Crippen LogP contribution is 1.67. The van der Waals surface area contributed by atoms with Crippen molar-refractivity contribution in [3.05, 3.63) is 0 Å². The van der Waals surface area contributed by atoms with Crippen LogP contribution in [-0.4, -0.2) is 11.3 Å². The Bertz CT molecular complexity index is 23.6. The number of aliphatic hydroxyl groups excluding tert-OH is 1. The lowest BCUT2D eigenvalue weighted by Gasteiger charge is -1.93. The summed E-state index contributed by atoms with van der Waals surface area (Å²) >= 11 is 3.52. The van der Waals surface area contributed by atoms with E-state index in [0.717, 1.165) is 0 Å². The molecule has 5 heavy (non-hydrogen) atoms. The molecule has 0 saturated heterocycles. The van der Waals surface area contributed by atoms with Crippen LogP contribution < -0.4 is 4.72 Å². The van der Waals surface area contributed by atoms with Crippen molar-refractivity contribution in [3.63, 3.8) is 0 Å². The Kier molecular flexibility index (Phi) is 2.64. The van der Waals surface area contributed by atoms with Gasteiger partial charge in [0.2, 0.25) is 0 Å². The first-order chi connectivity index (χ1) is 2.27. The van der Waals surface area contributed by atoms with Crippen molar-refractivity contribution in [2.75, 3.05) is 0 Å². The molecule has 0 saturated carbocycles. The third-order valence-corrected chi connectivity index (χ3v) is 0.561. The van der Waals surface area contributed by atoms with E-state index >= 15 is 0 Å². The van der Waals surface area contributed by atoms with Crippen LogP contribution in [0.1, 0.15) is 6.92 Å². The molecular formula is C2H7NOS. The molecule has 2 nitrogen and oxygen atoms in total. The minimum Gasteiger partial charge on any atom is -0.378 e. The van der Waals surface area contributed by atoms with Crippen molar-refractivity contribution in [2.45, 2.75) is 13.2 Å². The average Bonchev–Trinajstić information content (AvgIpc) is 1.38. The zero-order valence-corrected chi connectivity index (χ0v) is 3.87. The van der Waals surface area contributed by atoms with Crippen LogP contribution in [0.2, 0.25) is 0 Å². The SMILES string of the molecule is CC(O)NS. The summed E-state index contributed by atoms with van der Waals surface area (Å²) in [5.74, 6) is 0. The molecule has 0 aromatic heterocycles. The molecule has 0 aromatic carbocycles. The van der Waals surface area contributed by atoms with Crippen LogP contribution in [0.5, 0.6) is 0 Å². The zero-order chi connectivity index (χ0) is 4.28. The Morgan fingerprint density at radius 2 is 2.20 bits per heavy atom. The van der Waals surface area contributed by atoms with Crippen LogP contribution in [0.3, 0.4) is 0 Å². The monoisotopic (exact) mass is 93.0 g/mol. The Morgan fingerprint density at radius 1 is 2.00 bits per heavy atom. The molecule has 32 valence electrons. The van der Waals surface area contributed by atoms with Crippen LogP contribution in [-0.2, 0) is 0 Å². The second kappa shape index (κ2) is 2.50. The maximum atomic E-state index is 8.17. The van der Waals surface area contributed by atoms with Crippen LogP contribution in [0, 0.1) is 0 Å². The van der Waals surface area contributed by atoms with Gasteiger partial charge in [0.1, 0.15) is 6.23 Å². The van der Waals surface area contributed by atoms with Gasteiger partial charge in [-0.2, -0.15) is 0 Å². The summed E-state index contributed by atoms with van der Waals surface area (Å²) in [6.45, 7) is 1.59. The fourth-order valence-corrected chi connectivity index (χ4v) is 0. The van der Waals surface area contributed by atoms with E-state index in [2.05, 4.69) is 17.5 Å². The molecule has 0 amide bonds. The lowest BCUT2D eigenvalue weighted by atomic mass is 10.7. The van der Waals surface area contributed by atoms with E-state index in [1.807, 2.05) is 0 Å². The molecule has 2 N–H and O–H groups in total. The van der Waals surface area contributed by atoms with Crippen LogP contribution in [0.25, 0.3) is 0 Å². The van der Waals surface area contributed by atoms with Gasteiger partial charge in [0.15, 0.2) is 0 Å². The molecule has 0 fully saturated rings. The Labute approximate surface area is 36.7 Å². The second-order valence-electron chi connectivity index (χ2n) is 0.805. The second-order valence-corrected chi connectivity index (χ2v) is 1.06. The Hall–Kier alpha value is 0.270. The van der Waals surface area contributed by atoms with E-state index < -0.39 is 6.23 Å². The summed E-state index contributed by atoms with van der Waals surface area (Å²) in [7, 11) is 0. The number of hydrogen-bond donors (Lipinski definition) is 3. The van der Waals surface area contributed by atoms with Gasteiger partial charge in [0, 0.05) is 0 Å². The zero-order valence-electron chi connectivity index (χ0n) is 2.97. The van der Waals surface area contributed by atoms with Crippen molar-refractivity contribution in [1.82, 2.24) is 4.72 Å². The van der Waals surface area contributed by atoms with Gasteiger partial charge in [-0.25, -0.2) is 4.72 Å². The molecule has 0 aromatic rings. The molecule has 0 spiro atoms. The topological polar surface area (TPSA) is 32.3 Å². The van der Waals surface area contributed by atoms with Crippen LogP contribution in [0.4, 0.5) is 0 Å². The van der Waals surface area contributed by atoms with Gasteiger partial charge < -0.3 is 5.11 Å². The first-order valence-electron chi connectivity index (χ1n) is 1.35. The van der Waals surface area contributed by atoms with E-state index in [-0.39, 0.29) is 0 Å². The molecular weight excluding hydrogens is 86.1 g/mol. The maximum absolute atomic E-state index is 8.17. The van der Waals surface area contributed by atoms with E-state index in [1.54, 1.807) is 6.92 Å². The fourth-order valence-electron chi connectivity index (χ4n) is 0. The standard InChI is InChI=1S/C2H7NOS/c1-2(4)3-5/h2-5H,1H3. The summed E-state index contributed by atoms with van der Waals surface area (Å²) in [5.41, 5.74) is 0. The quantitative estimate of drug-likeness (QED) is 0.309. The van der Waals surface area contributed by atoms with Crippen molar-refractivity contribution in [1.29, 1.82) is 0 Å². The predicted octanol–water partition coefficient (Wildman–Crippen LogP) is -0.241. The smallest absolute Gasteiger partial charge is 0.110 e. The number of rotatable bonds is 1. The van der Waals surface area contributed by atoms with Crippen molar-refractivity contribution >= 4 is 12.8 Å².